The minimum atomic E-state index is -0.915. The van der Waals surface area contributed by atoms with Crippen molar-refractivity contribution < 1.29 is 19.4 Å². The van der Waals surface area contributed by atoms with E-state index in [1.807, 2.05) is 20.8 Å². The molecule has 1 heterocycles. The summed E-state index contributed by atoms with van der Waals surface area (Å²) < 4.78 is 4.45. The van der Waals surface area contributed by atoms with Gasteiger partial charge in [0.15, 0.2) is 0 Å². The fourth-order valence-electron chi connectivity index (χ4n) is 1.98. The van der Waals surface area contributed by atoms with E-state index in [-0.39, 0.29) is 17.1 Å². The first-order chi connectivity index (χ1) is 7.34. The van der Waals surface area contributed by atoms with Crippen LogP contribution in [0, 0.1) is 11.8 Å². The number of rotatable bonds is 4. The molecule has 0 amide bonds. The van der Waals surface area contributed by atoms with Crippen molar-refractivity contribution in [3.8, 4) is 0 Å². The molecule has 1 aliphatic rings. The molecule has 4 heteroatoms. The molecule has 1 N–H and O–H groups in total. The van der Waals surface area contributed by atoms with Gasteiger partial charge in [-0.15, -0.1) is 0 Å². The van der Waals surface area contributed by atoms with Crippen molar-refractivity contribution in [2.24, 2.45) is 11.8 Å². The van der Waals surface area contributed by atoms with Crippen molar-refractivity contribution in [2.75, 3.05) is 0 Å². The van der Waals surface area contributed by atoms with Gasteiger partial charge >= 0.3 is 11.9 Å². The van der Waals surface area contributed by atoms with Crippen LogP contribution in [0.3, 0.4) is 0 Å². The summed E-state index contributed by atoms with van der Waals surface area (Å²) in [7, 11) is 0. The van der Waals surface area contributed by atoms with Crippen LogP contribution in [-0.2, 0) is 14.3 Å². The standard InChI is InChI=1S/C12H18O4/c1-6(2)5-7(3)10(13)9-8(4)11(14)16-12(9)15/h6-7,10,13H,5H2,1-4H3/t7-,10+/m0/s1. The Morgan fingerprint density at radius 2 is 1.75 bits per heavy atom. The molecule has 0 fully saturated rings. The molecule has 2 atom stereocenters. The van der Waals surface area contributed by atoms with E-state index < -0.39 is 18.0 Å². The van der Waals surface area contributed by atoms with Gasteiger partial charge in [0, 0.05) is 5.57 Å². The number of carbonyl (C=O) groups excluding carboxylic acids is 2. The van der Waals surface area contributed by atoms with Gasteiger partial charge in [-0.05, 0) is 25.2 Å². The summed E-state index contributed by atoms with van der Waals surface area (Å²) in [5.41, 5.74) is 0.353. The molecule has 0 saturated carbocycles. The normalized spacial score (nSPS) is 20.4. The summed E-state index contributed by atoms with van der Waals surface area (Å²) in [6, 6.07) is 0. The van der Waals surface area contributed by atoms with Gasteiger partial charge in [-0.1, -0.05) is 20.8 Å². The summed E-state index contributed by atoms with van der Waals surface area (Å²) in [6.45, 7) is 7.46. The molecule has 0 saturated heterocycles. The van der Waals surface area contributed by atoms with Gasteiger partial charge in [-0.2, -0.15) is 0 Å². The van der Waals surface area contributed by atoms with Crippen LogP contribution in [0.25, 0.3) is 0 Å². The zero-order valence-electron chi connectivity index (χ0n) is 10.1. The van der Waals surface area contributed by atoms with E-state index in [0.29, 0.717) is 5.92 Å². The van der Waals surface area contributed by atoms with E-state index in [0.717, 1.165) is 6.42 Å². The highest BCUT2D eigenvalue weighted by molar-refractivity contribution is 6.12. The largest absolute Gasteiger partial charge is 0.388 e. The van der Waals surface area contributed by atoms with Crippen LogP contribution in [0.1, 0.15) is 34.1 Å². The molecule has 0 aromatic rings. The summed E-state index contributed by atoms with van der Waals surface area (Å²) >= 11 is 0. The highest BCUT2D eigenvalue weighted by Gasteiger charge is 2.36. The van der Waals surface area contributed by atoms with Crippen molar-refractivity contribution in [1.82, 2.24) is 0 Å². The molecular weight excluding hydrogens is 208 g/mol. The third kappa shape index (κ3) is 2.50. The highest BCUT2D eigenvalue weighted by atomic mass is 16.6. The predicted octanol–water partition coefficient (Wildman–Crippen LogP) is 1.43. The lowest BCUT2D eigenvalue weighted by atomic mass is 9.88. The zero-order valence-corrected chi connectivity index (χ0v) is 10.1. The highest BCUT2D eigenvalue weighted by Crippen LogP contribution is 2.27. The van der Waals surface area contributed by atoms with Crippen LogP contribution in [0.5, 0.6) is 0 Å². The van der Waals surface area contributed by atoms with Crippen molar-refractivity contribution in [2.45, 2.75) is 40.2 Å². The quantitative estimate of drug-likeness (QED) is 0.581. The smallest absolute Gasteiger partial charge is 0.345 e. The Morgan fingerprint density at radius 3 is 2.12 bits per heavy atom. The van der Waals surface area contributed by atoms with Gasteiger partial charge in [-0.3, -0.25) is 0 Å². The second kappa shape index (κ2) is 4.78. The zero-order chi connectivity index (χ0) is 12.5. The number of ether oxygens (including phenoxy) is 1. The van der Waals surface area contributed by atoms with Gasteiger partial charge in [0.1, 0.15) is 0 Å². The van der Waals surface area contributed by atoms with E-state index in [1.165, 1.54) is 6.92 Å². The summed E-state index contributed by atoms with van der Waals surface area (Å²) in [4.78, 5) is 22.5. The second-order valence-electron chi connectivity index (χ2n) is 4.77. The van der Waals surface area contributed by atoms with Crippen molar-refractivity contribution in [3.05, 3.63) is 11.1 Å². The first-order valence-corrected chi connectivity index (χ1v) is 5.50. The van der Waals surface area contributed by atoms with E-state index in [9.17, 15) is 14.7 Å². The van der Waals surface area contributed by atoms with Crippen LogP contribution >= 0.6 is 0 Å². The van der Waals surface area contributed by atoms with Crippen LogP contribution in [0.15, 0.2) is 11.1 Å². The SMILES string of the molecule is CC1=C([C@H](O)[C@@H](C)CC(C)C)C(=O)OC1=O. The van der Waals surface area contributed by atoms with Crippen molar-refractivity contribution in [1.29, 1.82) is 0 Å². The number of aliphatic hydroxyl groups is 1. The molecule has 1 aliphatic heterocycles. The topological polar surface area (TPSA) is 63.6 Å². The van der Waals surface area contributed by atoms with Gasteiger partial charge in [0.25, 0.3) is 0 Å². The minimum Gasteiger partial charge on any atom is -0.388 e. The first kappa shape index (κ1) is 12.9. The minimum absolute atomic E-state index is 0.0663. The molecule has 0 radical (unpaired) electrons. The summed E-state index contributed by atoms with van der Waals surface area (Å²) in [5.74, 6) is -0.983. The lowest BCUT2D eigenvalue weighted by molar-refractivity contribution is -0.151. The molecule has 1 rings (SSSR count). The Morgan fingerprint density at radius 1 is 1.19 bits per heavy atom. The number of hydrogen-bond donors (Lipinski definition) is 1. The maximum absolute atomic E-state index is 11.4. The van der Waals surface area contributed by atoms with Gasteiger partial charge in [0.2, 0.25) is 0 Å². The monoisotopic (exact) mass is 226 g/mol. The molecule has 0 aliphatic carbocycles. The fraction of sp³-hybridized carbons (Fsp3) is 0.667. The van der Waals surface area contributed by atoms with Crippen LogP contribution in [0.2, 0.25) is 0 Å². The lowest BCUT2D eigenvalue weighted by Gasteiger charge is -2.20. The van der Waals surface area contributed by atoms with E-state index in [1.54, 1.807) is 0 Å². The first-order valence-electron chi connectivity index (χ1n) is 5.50. The van der Waals surface area contributed by atoms with Gasteiger partial charge < -0.3 is 9.84 Å². The van der Waals surface area contributed by atoms with Crippen LogP contribution < -0.4 is 0 Å². The molecule has 90 valence electrons. The molecule has 0 spiro atoms. The summed E-state index contributed by atoms with van der Waals surface area (Å²) in [5, 5.41) is 10.0. The number of cyclic esters (lactones) is 2. The van der Waals surface area contributed by atoms with Crippen molar-refractivity contribution in [3.63, 3.8) is 0 Å². The van der Waals surface area contributed by atoms with Crippen LogP contribution in [-0.4, -0.2) is 23.1 Å². The van der Waals surface area contributed by atoms with E-state index in [4.69, 9.17) is 0 Å². The number of esters is 2. The molecular formula is C12H18O4. The predicted molar refractivity (Wildman–Crippen MR) is 58.4 cm³/mol. The van der Waals surface area contributed by atoms with E-state index in [2.05, 4.69) is 4.74 Å². The Kier molecular flexibility index (Phi) is 3.86. The molecule has 16 heavy (non-hydrogen) atoms. The maximum Gasteiger partial charge on any atom is 0.345 e. The molecule has 0 aromatic heterocycles. The maximum atomic E-state index is 11.4. The van der Waals surface area contributed by atoms with E-state index >= 15 is 0 Å². The van der Waals surface area contributed by atoms with Crippen molar-refractivity contribution >= 4 is 11.9 Å². The average molecular weight is 226 g/mol. The number of carbonyl (C=O) groups is 2. The third-order valence-electron chi connectivity index (χ3n) is 2.79. The molecule has 0 aromatic carbocycles. The summed E-state index contributed by atoms with van der Waals surface area (Å²) in [6.07, 6.45) is -0.124. The van der Waals surface area contributed by atoms with Gasteiger partial charge in [-0.25, -0.2) is 9.59 Å². The Balaban J connectivity index is 2.85. The lowest BCUT2D eigenvalue weighted by Crippen LogP contribution is -2.25. The number of hydrogen-bond acceptors (Lipinski definition) is 4. The Bertz CT molecular complexity index is 341. The molecule has 4 nitrogen and oxygen atoms in total. The fourth-order valence-corrected chi connectivity index (χ4v) is 1.98. The number of aliphatic hydroxyl groups excluding tert-OH is 1. The van der Waals surface area contributed by atoms with Gasteiger partial charge in [0.05, 0.1) is 11.7 Å². The average Bonchev–Trinajstić information content (AvgIpc) is 2.39. The Hall–Kier alpha value is -1.16. The molecule has 0 unspecified atom stereocenters. The molecule has 0 bridgehead atoms. The Labute approximate surface area is 95.3 Å². The third-order valence-corrected chi connectivity index (χ3v) is 2.79. The second-order valence-corrected chi connectivity index (χ2v) is 4.77. The van der Waals surface area contributed by atoms with Crippen LogP contribution in [0.4, 0.5) is 0 Å².